The lowest BCUT2D eigenvalue weighted by atomic mass is 10.1. The minimum Gasteiger partial charge on any atom is -0.550 e. The maximum atomic E-state index is 11.6. The highest BCUT2D eigenvalue weighted by molar-refractivity contribution is 5.89. The Bertz CT molecular complexity index is 1020. The highest BCUT2D eigenvalue weighted by Crippen LogP contribution is 2.24. The van der Waals surface area contributed by atoms with Crippen LogP contribution in [0.2, 0.25) is 0 Å². The molecule has 6 nitrogen and oxygen atoms in total. The molecule has 0 saturated carbocycles. The van der Waals surface area contributed by atoms with E-state index in [2.05, 4.69) is 45.7 Å². The van der Waals surface area contributed by atoms with E-state index in [0.717, 1.165) is 26.4 Å². The van der Waals surface area contributed by atoms with Gasteiger partial charge < -0.3 is 14.6 Å². The average Bonchev–Trinajstić information content (AvgIpc) is 2.94. The van der Waals surface area contributed by atoms with Gasteiger partial charge in [0.1, 0.15) is 12.7 Å². The molecular formula is C25H28N2O4. The second kappa shape index (κ2) is 10.6. The summed E-state index contributed by atoms with van der Waals surface area (Å²) >= 11 is 0. The van der Waals surface area contributed by atoms with Gasteiger partial charge in [-0.2, -0.15) is 0 Å². The summed E-state index contributed by atoms with van der Waals surface area (Å²) < 4.78 is 9.65. The smallest absolute Gasteiger partial charge is 0.337 e. The maximum absolute atomic E-state index is 11.6. The van der Waals surface area contributed by atoms with Gasteiger partial charge in [-0.15, -0.1) is 0 Å². The van der Waals surface area contributed by atoms with E-state index in [1.54, 1.807) is 0 Å². The Morgan fingerprint density at radius 3 is 2.35 bits per heavy atom. The molecular weight excluding hydrogens is 392 g/mol. The molecule has 4 rings (SSSR count). The molecule has 1 aliphatic heterocycles. The third-order valence-corrected chi connectivity index (χ3v) is 5.29. The molecule has 0 bridgehead atoms. The number of imidazole rings is 1. The second-order valence-corrected chi connectivity index (χ2v) is 7.57. The average molecular weight is 421 g/mol. The fraction of sp³-hybridized carbons (Fsp3) is 0.320. The van der Waals surface area contributed by atoms with Crippen molar-refractivity contribution in [1.82, 2.24) is 4.57 Å². The number of benzene rings is 2. The molecule has 31 heavy (non-hydrogen) atoms. The lowest BCUT2D eigenvalue weighted by Crippen LogP contribution is -2.37. The van der Waals surface area contributed by atoms with Crippen molar-refractivity contribution in [2.24, 2.45) is 0 Å². The molecule has 0 atom stereocenters. The number of esters is 1. The summed E-state index contributed by atoms with van der Waals surface area (Å²) in [6, 6.07) is 18.3. The van der Waals surface area contributed by atoms with Crippen LogP contribution in [0.15, 0.2) is 60.8 Å². The predicted molar refractivity (Wildman–Crippen MR) is 115 cm³/mol. The van der Waals surface area contributed by atoms with Gasteiger partial charge in [0, 0.05) is 18.0 Å². The number of hydrogen-bond donors (Lipinski definition) is 0. The first-order chi connectivity index (χ1) is 15.0. The quantitative estimate of drug-likeness (QED) is 0.480. The zero-order valence-electron chi connectivity index (χ0n) is 18.0. The normalized spacial score (nSPS) is 12.7. The highest BCUT2D eigenvalue weighted by Gasteiger charge is 2.25. The molecule has 2 heterocycles. The topological polar surface area (TPSA) is 75.2 Å². The number of aliphatic carboxylic acids is 1. The molecule has 3 aromatic rings. The Labute approximate surface area is 182 Å². The second-order valence-electron chi connectivity index (χ2n) is 7.57. The number of fused-ring (bicyclic) bond motifs is 1. The Hall–Kier alpha value is -3.41. The lowest BCUT2D eigenvalue weighted by molar-refractivity contribution is -0.695. The summed E-state index contributed by atoms with van der Waals surface area (Å²) in [6.45, 7) is 2.86. The summed E-state index contributed by atoms with van der Waals surface area (Å²) in [4.78, 5) is 20.5. The number of carboxylic acids is 1. The molecule has 1 aromatic heterocycles. The minimum absolute atomic E-state index is 0.293. The van der Waals surface area contributed by atoms with Gasteiger partial charge in [0.25, 0.3) is 5.82 Å². The summed E-state index contributed by atoms with van der Waals surface area (Å²) in [5.41, 5.74) is 4.33. The maximum Gasteiger partial charge on any atom is 0.337 e. The van der Waals surface area contributed by atoms with Crippen LogP contribution in [0, 0.1) is 0 Å². The SMILES string of the molecule is CC(=O)[O-].COC(=O)c1ccc(C[n+]2cc(-c3ccccc3)n3c2CCCCC3)cc1. The molecule has 6 heteroatoms. The Balaban J connectivity index is 0.000000628. The van der Waals surface area contributed by atoms with Crippen molar-refractivity contribution in [2.45, 2.75) is 45.7 Å². The van der Waals surface area contributed by atoms with Gasteiger partial charge >= 0.3 is 5.97 Å². The van der Waals surface area contributed by atoms with Gasteiger partial charge in [-0.05, 0) is 43.9 Å². The molecule has 0 N–H and O–H groups in total. The highest BCUT2D eigenvalue weighted by atomic mass is 16.5. The molecule has 2 aromatic carbocycles. The van der Waals surface area contributed by atoms with Crippen molar-refractivity contribution >= 4 is 11.9 Å². The van der Waals surface area contributed by atoms with Crippen LogP contribution in [0.4, 0.5) is 0 Å². The zero-order valence-corrected chi connectivity index (χ0v) is 18.0. The number of aromatic nitrogens is 2. The Morgan fingerprint density at radius 2 is 1.71 bits per heavy atom. The Kier molecular flexibility index (Phi) is 7.60. The van der Waals surface area contributed by atoms with Crippen LogP contribution in [0.25, 0.3) is 11.3 Å². The van der Waals surface area contributed by atoms with Gasteiger partial charge in [-0.3, -0.25) is 0 Å². The summed E-state index contributed by atoms with van der Waals surface area (Å²) in [5.74, 6) is 0.0155. The standard InChI is InChI=1S/C23H25N2O2.C2H4O2/c1-27-23(26)20-13-11-18(12-14-20)16-24-17-21(19-8-4-2-5-9-19)25-15-7-3-6-10-22(24)25;1-2(3)4/h2,4-5,8-9,11-14,17H,3,6-7,10,15-16H2,1H3;1H3,(H,3,4)/q+1;/p-1. The first-order valence-corrected chi connectivity index (χ1v) is 10.5. The van der Waals surface area contributed by atoms with Crippen LogP contribution in [0.3, 0.4) is 0 Å². The van der Waals surface area contributed by atoms with E-state index in [-0.39, 0.29) is 5.97 Å². The molecule has 0 aliphatic carbocycles. The van der Waals surface area contributed by atoms with Gasteiger partial charge in [-0.1, -0.05) is 42.5 Å². The third-order valence-electron chi connectivity index (χ3n) is 5.29. The number of nitrogens with zero attached hydrogens (tertiary/aromatic N) is 2. The molecule has 0 saturated heterocycles. The summed E-state index contributed by atoms with van der Waals surface area (Å²) in [7, 11) is 1.41. The van der Waals surface area contributed by atoms with Gasteiger partial charge in [-0.25, -0.2) is 13.9 Å². The van der Waals surface area contributed by atoms with Crippen LogP contribution in [-0.2, 0) is 29.0 Å². The molecule has 162 valence electrons. The fourth-order valence-electron chi connectivity index (χ4n) is 3.88. The molecule has 0 radical (unpaired) electrons. The fourth-order valence-corrected chi connectivity index (χ4v) is 3.88. The number of carbonyl (C=O) groups is 2. The largest absolute Gasteiger partial charge is 0.550 e. The Morgan fingerprint density at radius 1 is 1.03 bits per heavy atom. The van der Waals surface area contributed by atoms with Crippen LogP contribution in [-0.4, -0.2) is 23.6 Å². The van der Waals surface area contributed by atoms with Gasteiger partial charge in [0.15, 0.2) is 5.69 Å². The van der Waals surface area contributed by atoms with E-state index in [4.69, 9.17) is 14.6 Å². The van der Waals surface area contributed by atoms with E-state index < -0.39 is 5.97 Å². The lowest BCUT2D eigenvalue weighted by Gasteiger charge is -2.04. The summed E-state index contributed by atoms with van der Waals surface area (Å²) in [6.07, 6.45) is 7.13. The molecule has 0 spiro atoms. The van der Waals surface area contributed by atoms with Crippen LogP contribution >= 0.6 is 0 Å². The first-order valence-electron chi connectivity index (χ1n) is 10.5. The van der Waals surface area contributed by atoms with E-state index in [0.29, 0.717) is 5.56 Å². The van der Waals surface area contributed by atoms with Gasteiger partial charge in [0.2, 0.25) is 0 Å². The number of carboxylic acid groups (broad SMARTS) is 1. The number of rotatable bonds is 4. The predicted octanol–water partition coefficient (Wildman–Crippen LogP) is 2.76. The molecule has 1 aliphatic rings. The van der Waals surface area contributed by atoms with Crippen molar-refractivity contribution in [3.05, 3.63) is 77.7 Å². The number of carbonyl (C=O) groups excluding carboxylic acids is 2. The van der Waals surface area contributed by atoms with Crippen molar-refractivity contribution < 1.29 is 24.0 Å². The minimum atomic E-state index is -1.08. The van der Waals surface area contributed by atoms with E-state index in [9.17, 15) is 4.79 Å². The molecule has 0 unspecified atom stereocenters. The van der Waals surface area contributed by atoms with E-state index in [1.807, 2.05) is 24.3 Å². The first kappa shape index (κ1) is 22.3. The number of methoxy groups -OCH3 is 1. The van der Waals surface area contributed by atoms with Crippen molar-refractivity contribution in [1.29, 1.82) is 0 Å². The van der Waals surface area contributed by atoms with Crippen LogP contribution in [0.5, 0.6) is 0 Å². The molecule has 0 amide bonds. The van der Waals surface area contributed by atoms with Crippen LogP contribution in [0.1, 0.15) is 47.9 Å². The molecule has 0 fully saturated rings. The van der Waals surface area contributed by atoms with Crippen molar-refractivity contribution in [3.63, 3.8) is 0 Å². The van der Waals surface area contributed by atoms with Crippen molar-refractivity contribution in [2.75, 3.05) is 7.11 Å². The number of hydrogen-bond acceptors (Lipinski definition) is 4. The zero-order chi connectivity index (χ0) is 22.2. The monoisotopic (exact) mass is 420 g/mol. The van der Waals surface area contributed by atoms with Gasteiger partial charge in [0.05, 0.1) is 19.2 Å². The van der Waals surface area contributed by atoms with E-state index in [1.165, 1.54) is 49.0 Å². The third kappa shape index (κ3) is 5.81. The van der Waals surface area contributed by atoms with Crippen LogP contribution < -0.4 is 9.67 Å². The number of ether oxygens (including phenoxy) is 1. The van der Waals surface area contributed by atoms with E-state index >= 15 is 0 Å². The summed E-state index contributed by atoms with van der Waals surface area (Å²) in [5, 5.41) is 8.89. The van der Waals surface area contributed by atoms with Crippen molar-refractivity contribution in [3.8, 4) is 11.3 Å².